The Bertz CT molecular complexity index is 307. The monoisotopic (exact) mass is 232 g/mol. The van der Waals surface area contributed by atoms with Crippen LogP contribution in [0.1, 0.15) is 20.3 Å². The lowest BCUT2D eigenvalue weighted by atomic mass is 9.88. The van der Waals surface area contributed by atoms with E-state index in [9.17, 15) is 26.7 Å². The topological polar surface area (TPSA) is 37.3 Å². The summed E-state index contributed by atoms with van der Waals surface area (Å²) in [5, 5.41) is 8.56. The van der Waals surface area contributed by atoms with Crippen molar-refractivity contribution >= 4 is 5.97 Å². The molecule has 0 spiro atoms. The van der Waals surface area contributed by atoms with Crippen molar-refractivity contribution in [1.29, 1.82) is 0 Å². The second-order valence-electron chi connectivity index (χ2n) is 4.34. The summed E-state index contributed by atoms with van der Waals surface area (Å²) in [5.41, 5.74) is -4.56. The molecular weight excluding hydrogens is 223 g/mol. The Morgan fingerprint density at radius 2 is 1.53 bits per heavy atom. The molecule has 1 aliphatic rings. The van der Waals surface area contributed by atoms with Gasteiger partial charge < -0.3 is 5.11 Å². The number of alkyl halides is 5. The van der Waals surface area contributed by atoms with E-state index in [1.807, 2.05) is 0 Å². The average Bonchev–Trinajstić information content (AvgIpc) is 2.53. The van der Waals surface area contributed by atoms with Gasteiger partial charge in [-0.05, 0) is 11.8 Å². The van der Waals surface area contributed by atoms with E-state index in [1.165, 1.54) is 0 Å². The molecule has 7 heteroatoms. The molecule has 1 fully saturated rings. The summed E-state index contributed by atoms with van der Waals surface area (Å²) < 4.78 is 62.2. The van der Waals surface area contributed by atoms with Gasteiger partial charge in [0.2, 0.25) is 0 Å². The van der Waals surface area contributed by atoms with E-state index in [0.29, 0.717) is 0 Å². The van der Waals surface area contributed by atoms with Gasteiger partial charge in [-0.2, -0.15) is 22.0 Å². The lowest BCUT2D eigenvalue weighted by Crippen LogP contribution is -2.50. The van der Waals surface area contributed by atoms with Crippen LogP contribution in [-0.4, -0.2) is 23.2 Å². The quantitative estimate of drug-likeness (QED) is 0.743. The Morgan fingerprint density at radius 1 is 1.20 bits per heavy atom. The third-order valence-electron chi connectivity index (χ3n) is 2.99. The molecule has 1 rings (SSSR count). The van der Waals surface area contributed by atoms with E-state index < -0.39 is 35.3 Å². The largest absolute Gasteiger partial charge is 0.481 e. The minimum atomic E-state index is -5.83. The molecule has 0 radical (unpaired) electrons. The molecule has 0 saturated heterocycles. The van der Waals surface area contributed by atoms with Gasteiger partial charge in [0.25, 0.3) is 0 Å². The lowest BCUT2D eigenvalue weighted by Gasteiger charge is -2.28. The fraction of sp³-hybridized carbons (Fsp3) is 0.875. The lowest BCUT2D eigenvalue weighted by molar-refractivity contribution is -0.311. The van der Waals surface area contributed by atoms with Crippen molar-refractivity contribution in [3.8, 4) is 0 Å². The smallest absolute Gasteiger partial charge is 0.454 e. The van der Waals surface area contributed by atoms with Gasteiger partial charge in [-0.15, -0.1) is 0 Å². The maximum absolute atomic E-state index is 13.0. The Balaban J connectivity index is 3.22. The first-order valence-electron chi connectivity index (χ1n) is 4.08. The highest BCUT2D eigenvalue weighted by Gasteiger charge is 2.86. The molecule has 0 heterocycles. The van der Waals surface area contributed by atoms with Gasteiger partial charge in [-0.25, -0.2) is 0 Å². The maximum atomic E-state index is 13.0. The molecule has 0 bridgehead atoms. The van der Waals surface area contributed by atoms with Crippen LogP contribution in [0.4, 0.5) is 22.0 Å². The van der Waals surface area contributed by atoms with Gasteiger partial charge in [-0.3, -0.25) is 4.79 Å². The third kappa shape index (κ3) is 1.24. The Kier molecular flexibility index (Phi) is 2.13. The van der Waals surface area contributed by atoms with Crippen LogP contribution in [-0.2, 0) is 4.79 Å². The molecule has 0 aromatic carbocycles. The summed E-state index contributed by atoms with van der Waals surface area (Å²) in [7, 11) is 0. The summed E-state index contributed by atoms with van der Waals surface area (Å²) in [6.45, 7) is 2.17. The summed E-state index contributed by atoms with van der Waals surface area (Å²) in [6, 6.07) is 0. The number of rotatable bonds is 2. The summed E-state index contributed by atoms with van der Waals surface area (Å²) in [5.74, 6) is -7.30. The summed E-state index contributed by atoms with van der Waals surface area (Å²) >= 11 is 0. The van der Waals surface area contributed by atoms with Crippen molar-refractivity contribution in [2.45, 2.75) is 32.4 Å². The average molecular weight is 232 g/mol. The standard InChI is InChI=1S/C8H9F5O2/c1-5(2)3-6(5,4(14)15)7(9,10)8(11,12)13/h3H2,1-2H3,(H,14,15). The van der Waals surface area contributed by atoms with Crippen molar-refractivity contribution in [3.05, 3.63) is 0 Å². The van der Waals surface area contributed by atoms with Crippen molar-refractivity contribution < 1.29 is 31.9 Å². The molecule has 1 saturated carbocycles. The molecule has 1 N–H and O–H groups in total. The second-order valence-corrected chi connectivity index (χ2v) is 4.34. The zero-order chi connectivity index (χ0) is 12.3. The van der Waals surface area contributed by atoms with Crippen LogP contribution in [0, 0.1) is 10.8 Å². The van der Waals surface area contributed by atoms with Gasteiger partial charge in [-0.1, -0.05) is 13.8 Å². The molecular formula is C8H9F5O2. The number of halogens is 5. The van der Waals surface area contributed by atoms with Gasteiger partial charge in [0.15, 0.2) is 0 Å². The summed E-state index contributed by atoms with van der Waals surface area (Å²) in [4.78, 5) is 10.6. The van der Waals surface area contributed by atoms with E-state index in [2.05, 4.69) is 0 Å². The summed E-state index contributed by atoms with van der Waals surface area (Å²) in [6.07, 6.45) is -6.51. The Labute approximate surface area is 82.1 Å². The molecule has 0 amide bonds. The number of hydrogen-bond donors (Lipinski definition) is 1. The predicted octanol–water partition coefficient (Wildman–Crippen LogP) is 2.68. The Morgan fingerprint density at radius 3 is 1.60 bits per heavy atom. The molecule has 1 aliphatic carbocycles. The minimum absolute atomic E-state index is 0.679. The van der Waals surface area contributed by atoms with Crippen LogP contribution in [0.2, 0.25) is 0 Å². The number of carbonyl (C=O) groups is 1. The van der Waals surface area contributed by atoms with Crippen molar-refractivity contribution in [3.63, 3.8) is 0 Å². The molecule has 0 aromatic heterocycles. The molecule has 2 nitrogen and oxygen atoms in total. The highest BCUT2D eigenvalue weighted by molar-refractivity contribution is 5.81. The molecule has 1 unspecified atom stereocenters. The normalized spacial score (nSPS) is 30.1. The molecule has 1 atom stereocenters. The number of hydrogen-bond acceptors (Lipinski definition) is 1. The molecule has 0 aromatic rings. The van der Waals surface area contributed by atoms with Gasteiger partial charge in [0, 0.05) is 0 Å². The Hall–Kier alpha value is -0.880. The maximum Gasteiger partial charge on any atom is 0.454 e. The highest BCUT2D eigenvalue weighted by atomic mass is 19.4. The van der Waals surface area contributed by atoms with E-state index in [4.69, 9.17) is 5.11 Å². The number of aliphatic carboxylic acids is 1. The van der Waals surface area contributed by atoms with Crippen molar-refractivity contribution in [2.24, 2.45) is 10.8 Å². The van der Waals surface area contributed by atoms with Crippen LogP contribution in [0.25, 0.3) is 0 Å². The molecule has 15 heavy (non-hydrogen) atoms. The zero-order valence-corrected chi connectivity index (χ0v) is 7.95. The van der Waals surface area contributed by atoms with Gasteiger partial charge in [0.1, 0.15) is 5.41 Å². The zero-order valence-electron chi connectivity index (χ0n) is 7.95. The fourth-order valence-corrected chi connectivity index (χ4v) is 1.90. The molecule has 0 aliphatic heterocycles. The third-order valence-corrected chi connectivity index (χ3v) is 2.99. The fourth-order valence-electron chi connectivity index (χ4n) is 1.90. The van der Waals surface area contributed by atoms with Crippen molar-refractivity contribution in [1.82, 2.24) is 0 Å². The first kappa shape index (κ1) is 12.2. The molecule has 88 valence electrons. The SMILES string of the molecule is CC1(C)CC1(C(=O)O)C(F)(F)C(F)(F)F. The van der Waals surface area contributed by atoms with E-state index in [0.717, 1.165) is 13.8 Å². The second kappa shape index (κ2) is 2.62. The van der Waals surface area contributed by atoms with Crippen LogP contribution in [0.5, 0.6) is 0 Å². The first-order valence-corrected chi connectivity index (χ1v) is 4.08. The van der Waals surface area contributed by atoms with Crippen LogP contribution < -0.4 is 0 Å². The van der Waals surface area contributed by atoms with Crippen LogP contribution >= 0.6 is 0 Å². The first-order chi connectivity index (χ1) is 6.40. The minimum Gasteiger partial charge on any atom is -0.481 e. The number of carboxylic acids is 1. The highest BCUT2D eigenvalue weighted by Crippen LogP contribution is 2.73. The van der Waals surface area contributed by atoms with Crippen LogP contribution in [0.3, 0.4) is 0 Å². The van der Waals surface area contributed by atoms with Crippen LogP contribution in [0.15, 0.2) is 0 Å². The predicted molar refractivity (Wildman–Crippen MR) is 39.5 cm³/mol. The van der Waals surface area contributed by atoms with E-state index >= 15 is 0 Å². The van der Waals surface area contributed by atoms with E-state index in [1.54, 1.807) is 0 Å². The van der Waals surface area contributed by atoms with E-state index in [-0.39, 0.29) is 0 Å². The van der Waals surface area contributed by atoms with Gasteiger partial charge >= 0.3 is 18.1 Å². The van der Waals surface area contributed by atoms with Gasteiger partial charge in [0.05, 0.1) is 0 Å². The van der Waals surface area contributed by atoms with Crippen molar-refractivity contribution in [2.75, 3.05) is 0 Å². The number of carboxylic acid groups (broad SMARTS) is 1.